The second-order valence-electron chi connectivity index (χ2n) is 3.09. The number of benzene rings is 1. The van der Waals surface area contributed by atoms with E-state index in [1.165, 1.54) is 24.8 Å². The molecule has 0 spiro atoms. The predicted molar refractivity (Wildman–Crippen MR) is 51.8 cm³/mol. The maximum atomic E-state index is 12.9. The summed E-state index contributed by atoms with van der Waals surface area (Å²) in [4.78, 5) is 19.1. The van der Waals surface area contributed by atoms with Crippen LogP contribution in [0.3, 0.4) is 0 Å². The lowest BCUT2D eigenvalue weighted by atomic mass is 10.1. The van der Waals surface area contributed by atoms with Gasteiger partial charge in [-0.3, -0.25) is 4.79 Å². The van der Waals surface area contributed by atoms with E-state index in [0.717, 1.165) is 12.1 Å². The molecule has 0 bridgehead atoms. The molecule has 1 heterocycles. The Hall–Kier alpha value is -2.17. The summed E-state index contributed by atoms with van der Waals surface area (Å²) in [7, 11) is 0. The largest absolute Gasteiger partial charge is 0.288 e. The molecule has 1 aromatic carbocycles. The Morgan fingerprint density at radius 2 is 1.69 bits per heavy atom. The zero-order valence-corrected chi connectivity index (χ0v) is 8.02. The molecule has 80 valence electrons. The SMILES string of the molecule is O=C(c1cncnc1)c1ccc(F)c(F)c1. The minimum Gasteiger partial charge on any atom is -0.288 e. The Morgan fingerprint density at radius 1 is 1.00 bits per heavy atom. The summed E-state index contributed by atoms with van der Waals surface area (Å²) in [5.41, 5.74) is 0.294. The third-order valence-corrected chi connectivity index (χ3v) is 2.00. The minimum absolute atomic E-state index is 0.0636. The van der Waals surface area contributed by atoms with Crippen molar-refractivity contribution >= 4 is 5.78 Å². The standard InChI is InChI=1S/C11H6F2N2O/c12-9-2-1-7(3-10(9)13)11(16)8-4-14-6-15-5-8/h1-6H. The van der Waals surface area contributed by atoms with E-state index in [0.29, 0.717) is 0 Å². The lowest BCUT2D eigenvalue weighted by molar-refractivity contribution is 0.103. The first-order valence-corrected chi connectivity index (χ1v) is 4.43. The smallest absolute Gasteiger partial charge is 0.196 e. The highest BCUT2D eigenvalue weighted by atomic mass is 19.2. The summed E-state index contributed by atoms with van der Waals surface area (Å²) in [6, 6.07) is 2.98. The molecule has 0 aliphatic heterocycles. The van der Waals surface area contributed by atoms with Crippen LogP contribution in [0.1, 0.15) is 15.9 Å². The molecular formula is C11H6F2N2O. The van der Waals surface area contributed by atoms with Crippen molar-refractivity contribution in [1.82, 2.24) is 9.97 Å². The molecule has 0 unspecified atom stereocenters. The van der Waals surface area contributed by atoms with Gasteiger partial charge in [0.1, 0.15) is 6.33 Å². The number of ketones is 1. The van der Waals surface area contributed by atoms with Crippen LogP contribution in [-0.4, -0.2) is 15.8 Å². The van der Waals surface area contributed by atoms with Crippen LogP contribution in [0.4, 0.5) is 8.78 Å². The highest BCUT2D eigenvalue weighted by Crippen LogP contribution is 2.12. The number of carbonyl (C=O) groups excluding carboxylic acids is 1. The van der Waals surface area contributed by atoms with Gasteiger partial charge in [0.25, 0.3) is 0 Å². The van der Waals surface area contributed by atoms with E-state index in [4.69, 9.17) is 0 Å². The molecule has 0 saturated carbocycles. The highest BCUT2D eigenvalue weighted by molar-refractivity contribution is 6.08. The average molecular weight is 220 g/mol. The molecule has 0 aliphatic carbocycles. The Kier molecular flexibility index (Phi) is 2.68. The first kappa shape index (κ1) is 10.4. The maximum absolute atomic E-state index is 12.9. The molecule has 5 heteroatoms. The Balaban J connectivity index is 2.39. The van der Waals surface area contributed by atoms with Crippen LogP contribution in [0, 0.1) is 11.6 Å². The number of hydrogen-bond acceptors (Lipinski definition) is 3. The van der Waals surface area contributed by atoms with Gasteiger partial charge in [-0.2, -0.15) is 0 Å². The fraction of sp³-hybridized carbons (Fsp3) is 0. The average Bonchev–Trinajstić information content (AvgIpc) is 2.33. The number of hydrogen-bond donors (Lipinski definition) is 0. The van der Waals surface area contributed by atoms with Crippen molar-refractivity contribution in [3.63, 3.8) is 0 Å². The van der Waals surface area contributed by atoms with E-state index in [-0.39, 0.29) is 11.1 Å². The van der Waals surface area contributed by atoms with Gasteiger partial charge >= 0.3 is 0 Å². The summed E-state index contributed by atoms with van der Waals surface area (Å²) in [5.74, 6) is -2.48. The van der Waals surface area contributed by atoms with Gasteiger partial charge in [0.15, 0.2) is 17.4 Å². The lowest BCUT2D eigenvalue weighted by Gasteiger charge is -2.00. The number of rotatable bonds is 2. The monoisotopic (exact) mass is 220 g/mol. The van der Waals surface area contributed by atoms with Gasteiger partial charge in [0.2, 0.25) is 0 Å². The molecule has 16 heavy (non-hydrogen) atoms. The fourth-order valence-electron chi connectivity index (χ4n) is 1.22. The first-order chi connectivity index (χ1) is 7.68. The molecule has 0 radical (unpaired) electrons. The van der Waals surface area contributed by atoms with Gasteiger partial charge < -0.3 is 0 Å². The van der Waals surface area contributed by atoms with Crippen LogP contribution in [0.25, 0.3) is 0 Å². The molecule has 0 atom stereocenters. The Morgan fingerprint density at radius 3 is 2.31 bits per heavy atom. The van der Waals surface area contributed by atoms with Crippen molar-refractivity contribution < 1.29 is 13.6 Å². The van der Waals surface area contributed by atoms with E-state index >= 15 is 0 Å². The quantitative estimate of drug-likeness (QED) is 0.727. The van der Waals surface area contributed by atoms with Crippen LogP contribution < -0.4 is 0 Å². The van der Waals surface area contributed by atoms with Crippen molar-refractivity contribution in [3.05, 3.63) is 59.7 Å². The van der Waals surface area contributed by atoms with E-state index in [1.54, 1.807) is 0 Å². The molecule has 2 aromatic rings. The fourth-order valence-corrected chi connectivity index (χ4v) is 1.22. The normalized spacial score (nSPS) is 10.1. The van der Waals surface area contributed by atoms with Gasteiger partial charge in [0, 0.05) is 18.0 Å². The van der Waals surface area contributed by atoms with Crippen molar-refractivity contribution in [2.24, 2.45) is 0 Å². The molecule has 0 saturated heterocycles. The van der Waals surface area contributed by atoms with Crippen LogP contribution in [-0.2, 0) is 0 Å². The van der Waals surface area contributed by atoms with Crippen molar-refractivity contribution in [2.45, 2.75) is 0 Å². The van der Waals surface area contributed by atoms with Gasteiger partial charge in [-0.1, -0.05) is 0 Å². The van der Waals surface area contributed by atoms with E-state index in [9.17, 15) is 13.6 Å². The topological polar surface area (TPSA) is 42.9 Å². The van der Waals surface area contributed by atoms with E-state index in [2.05, 4.69) is 9.97 Å². The number of nitrogens with zero attached hydrogens (tertiary/aromatic N) is 2. The van der Waals surface area contributed by atoms with Crippen LogP contribution in [0.5, 0.6) is 0 Å². The number of aromatic nitrogens is 2. The third-order valence-electron chi connectivity index (χ3n) is 2.00. The second kappa shape index (κ2) is 4.14. The molecule has 0 N–H and O–H groups in total. The van der Waals surface area contributed by atoms with Crippen molar-refractivity contribution in [1.29, 1.82) is 0 Å². The summed E-state index contributed by atoms with van der Waals surface area (Å²) in [6.45, 7) is 0. The Labute approximate surface area is 89.8 Å². The maximum Gasteiger partial charge on any atom is 0.196 e. The van der Waals surface area contributed by atoms with Gasteiger partial charge in [0.05, 0.1) is 5.56 Å². The number of halogens is 2. The van der Waals surface area contributed by atoms with Gasteiger partial charge in [-0.15, -0.1) is 0 Å². The molecule has 2 rings (SSSR count). The number of carbonyl (C=O) groups is 1. The summed E-state index contributed by atoms with van der Waals surface area (Å²) in [5, 5.41) is 0. The zero-order chi connectivity index (χ0) is 11.5. The van der Waals surface area contributed by atoms with Crippen molar-refractivity contribution in [2.75, 3.05) is 0 Å². The molecule has 0 aliphatic rings. The molecule has 3 nitrogen and oxygen atoms in total. The van der Waals surface area contributed by atoms with E-state index < -0.39 is 17.4 Å². The van der Waals surface area contributed by atoms with Gasteiger partial charge in [-0.05, 0) is 18.2 Å². The van der Waals surface area contributed by atoms with E-state index in [1.807, 2.05) is 0 Å². The highest BCUT2D eigenvalue weighted by Gasteiger charge is 2.12. The Bertz CT molecular complexity index is 529. The molecule has 0 fully saturated rings. The zero-order valence-electron chi connectivity index (χ0n) is 8.02. The van der Waals surface area contributed by atoms with Crippen LogP contribution >= 0.6 is 0 Å². The lowest BCUT2D eigenvalue weighted by Crippen LogP contribution is -2.03. The summed E-state index contributed by atoms with van der Waals surface area (Å²) < 4.78 is 25.6. The predicted octanol–water partition coefficient (Wildman–Crippen LogP) is 1.99. The first-order valence-electron chi connectivity index (χ1n) is 4.43. The minimum atomic E-state index is -1.05. The summed E-state index contributed by atoms with van der Waals surface area (Å²) >= 11 is 0. The third kappa shape index (κ3) is 1.93. The molecule has 1 aromatic heterocycles. The molecular weight excluding hydrogens is 214 g/mol. The van der Waals surface area contributed by atoms with Crippen LogP contribution in [0.15, 0.2) is 36.9 Å². The van der Waals surface area contributed by atoms with Gasteiger partial charge in [-0.25, -0.2) is 18.7 Å². The summed E-state index contributed by atoms with van der Waals surface area (Å²) in [6.07, 6.45) is 3.91. The molecule has 0 amide bonds. The second-order valence-corrected chi connectivity index (χ2v) is 3.09. The van der Waals surface area contributed by atoms with Crippen LogP contribution in [0.2, 0.25) is 0 Å². The van der Waals surface area contributed by atoms with Crippen molar-refractivity contribution in [3.8, 4) is 0 Å².